The second-order valence-electron chi connectivity index (χ2n) is 4.85. The Labute approximate surface area is 86.8 Å². The quantitative estimate of drug-likeness (QED) is 0.490. The van der Waals surface area contributed by atoms with E-state index < -0.39 is 0 Å². The number of nitrogens with zero attached hydrogens (tertiary/aromatic N) is 1. The third kappa shape index (κ3) is 2.58. The van der Waals surface area contributed by atoms with Gasteiger partial charge in [-0.15, -0.1) is 0 Å². The van der Waals surface area contributed by atoms with E-state index in [1.807, 2.05) is 6.20 Å². The molecule has 0 N–H and O–H groups in total. The Morgan fingerprint density at radius 3 is 2.21 bits per heavy atom. The topological polar surface area (TPSA) is 23.1 Å². The van der Waals surface area contributed by atoms with Crippen molar-refractivity contribution in [1.82, 2.24) is 0 Å². The lowest BCUT2D eigenvalue weighted by molar-refractivity contribution is -0.815. The first kappa shape index (κ1) is 10.2. The Balaban J connectivity index is 1.85. The maximum atomic E-state index is 12.0. The molecule has 0 radical (unpaired) electrons. The molecule has 1 heterocycles. The number of likely N-dealkylation sites (tertiary alicyclic amines) is 1. The Kier molecular flexibility index (Phi) is 3.24. The van der Waals surface area contributed by atoms with Crippen molar-refractivity contribution in [2.45, 2.75) is 44.9 Å². The van der Waals surface area contributed by atoms with E-state index in [-0.39, 0.29) is 4.65 Å². The molecule has 2 rings (SSSR count). The lowest BCUT2D eigenvalue weighted by atomic mass is 9.89. The number of hydrogen-bond donors (Lipinski definition) is 0. The zero-order valence-electron chi connectivity index (χ0n) is 8.95. The predicted octanol–water partition coefficient (Wildman–Crippen LogP) is 3.19. The van der Waals surface area contributed by atoms with Gasteiger partial charge >= 0.3 is 0 Å². The van der Waals surface area contributed by atoms with Crippen molar-refractivity contribution in [1.29, 1.82) is 0 Å². The molecule has 0 aromatic carbocycles. The summed E-state index contributed by atoms with van der Waals surface area (Å²) in [7, 11) is 0. The molecule has 1 saturated carbocycles. The van der Waals surface area contributed by atoms with Crippen LogP contribution in [0.3, 0.4) is 0 Å². The molecule has 1 aliphatic heterocycles. The van der Waals surface area contributed by atoms with Crippen molar-refractivity contribution >= 4 is 0 Å². The van der Waals surface area contributed by atoms with Crippen LogP contribution in [0.15, 0.2) is 12.3 Å². The van der Waals surface area contributed by atoms with E-state index in [1.54, 1.807) is 0 Å². The maximum Gasteiger partial charge on any atom is 0.0921 e. The van der Waals surface area contributed by atoms with E-state index >= 15 is 0 Å². The van der Waals surface area contributed by atoms with E-state index in [4.69, 9.17) is 0 Å². The summed E-state index contributed by atoms with van der Waals surface area (Å²) < 4.78 is -0.0451. The van der Waals surface area contributed by atoms with Crippen LogP contribution in [0.25, 0.3) is 0 Å². The van der Waals surface area contributed by atoms with Crippen molar-refractivity contribution in [2.24, 2.45) is 5.92 Å². The molecular weight excluding hydrogens is 174 g/mol. The van der Waals surface area contributed by atoms with Crippen LogP contribution < -0.4 is 0 Å². The number of allylic oxidation sites excluding steroid dienone is 1. The molecule has 1 aliphatic carbocycles. The van der Waals surface area contributed by atoms with Crippen LogP contribution >= 0.6 is 0 Å². The summed E-state index contributed by atoms with van der Waals surface area (Å²) in [5, 5.41) is 12.0. The van der Waals surface area contributed by atoms with Crippen molar-refractivity contribution in [3.05, 3.63) is 17.5 Å². The predicted molar refractivity (Wildman–Crippen MR) is 58.3 cm³/mol. The standard InChI is InChI=1S/C12H21NO/c14-13(9-4-5-10-13)11-8-12-6-2-1-3-7-12/h8,11-12H,1-7,9-10H2/b11-8+. The number of quaternary nitrogens is 1. The van der Waals surface area contributed by atoms with E-state index in [9.17, 15) is 5.21 Å². The van der Waals surface area contributed by atoms with E-state index in [1.165, 1.54) is 32.1 Å². The van der Waals surface area contributed by atoms with Gasteiger partial charge in [0.25, 0.3) is 0 Å². The van der Waals surface area contributed by atoms with E-state index in [0.717, 1.165) is 25.9 Å². The fraction of sp³-hybridized carbons (Fsp3) is 0.833. The molecule has 0 aromatic heterocycles. The molecule has 0 unspecified atom stereocenters. The lowest BCUT2D eigenvalue weighted by Gasteiger charge is -2.34. The summed E-state index contributed by atoms with van der Waals surface area (Å²) in [5.74, 6) is 0.702. The van der Waals surface area contributed by atoms with Gasteiger partial charge in [0.15, 0.2) is 0 Å². The summed E-state index contributed by atoms with van der Waals surface area (Å²) in [6, 6.07) is 0. The fourth-order valence-electron chi connectivity index (χ4n) is 2.62. The van der Waals surface area contributed by atoms with Crippen LogP contribution in [-0.2, 0) is 0 Å². The third-order valence-electron chi connectivity index (χ3n) is 3.60. The summed E-state index contributed by atoms with van der Waals surface area (Å²) >= 11 is 0. The number of hydrogen-bond acceptors (Lipinski definition) is 1. The lowest BCUT2D eigenvalue weighted by Crippen LogP contribution is -2.32. The van der Waals surface area contributed by atoms with Crippen molar-refractivity contribution in [3.63, 3.8) is 0 Å². The highest BCUT2D eigenvalue weighted by atomic mass is 16.5. The molecule has 2 heteroatoms. The summed E-state index contributed by atoms with van der Waals surface area (Å²) in [4.78, 5) is 0. The Morgan fingerprint density at radius 1 is 0.929 bits per heavy atom. The molecular formula is C12H21NO. The molecule has 0 amide bonds. The van der Waals surface area contributed by atoms with Gasteiger partial charge < -0.3 is 9.85 Å². The van der Waals surface area contributed by atoms with Gasteiger partial charge in [0, 0.05) is 12.8 Å². The maximum absolute atomic E-state index is 12.0. The van der Waals surface area contributed by atoms with Gasteiger partial charge in [-0.25, -0.2) is 0 Å². The van der Waals surface area contributed by atoms with E-state index in [0.29, 0.717) is 5.92 Å². The van der Waals surface area contributed by atoms with Crippen molar-refractivity contribution in [2.75, 3.05) is 13.1 Å². The van der Waals surface area contributed by atoms with Gasteiger partial charge in [-0.1, -0.05) is 19.3 Å². The smallest absolute Gasteiger partial charge is 0.0921 e. The minimum absolute atomic E-state index is 0.0451. The van der Waals surface area contributed by atoms with E-state index in [2.05, 4.69) is 6.08 Å². The van der Waals surface area contributed by atoms with Gasteiger partial charge in [-0.2, -0.15) is 0 Å². The molecule has 0 spiro atoms. The average Bonchev–Trinajstić information content (AvgIpc) is 2.65. The Hall–Kier alpha value is -0.340. The minimum atomic E-state index is -0.0451. The molecule has 1 saturated heterocycles. The van der Waals surface area contributed by atoms with Gasteiger partial charge in [-0.05, 0) is 24.8 Å². The highest BCUT2D eigenvalue weighted by Gasteiger charge is 2.20. The summed E-state index contributed by atoms with van der Waals surface area (Å²) in [5.41, 5.74) is 0. The van der Waals surface area contributed by atoms with Crippen LogP contribution in [0.5, 0.6) is 0 Å². The van der Waals surface area contributed by atoms with Gasteiger partial charge in [0.05, 0.1) is 19.3 Å². The molecule has 0 bridgehead atoms. The molecule has 2 fully saturated rings. The zero-order valence-corrected chi connectivity index (χ0v) is 8.95. The minimum Gasteiger partial charge on any atom is -0.628 e. The molecule has 2 aliphatic rings. The second kappa shape index (κ2) is 4.45. The van der Waals surface area contributed by atoms with Crippen LogP contribution in [-0.4, -0.2) is 17.7 Å². The first-order chi connectivity index (χ1) is 6.79. The van der Waals surface area contributed by atoms with Crippen LogP contribution in [0.1, 0.15) is 44.9 Å². The highest BCUT2D eigenvalue weighted by molar-refractivity contribution is 4.86. The van der Waals surface area contributed by atoms with Gasteiger partial charge in [-0.3, -0.25) is 0 Å². The Bertz CT molecular complexity index is 200. The van der Waals surface area contributed by atoms with Crippen molar-refractivity contribution in [3.8, 4) is 0 Å². The molecule has 2 nitrogen and oxygen atoms in total. The Morgan fingerprint density at radius 2 is 1.57 bits per heavy atom. The molecule has 0 aromatic rings. The molecule has 14 heavy (non-hydrogen) atoms. The van der Waals surface area contributed by atoms with Gasteiger partial charge in [0.2, 0.25) is 0 Å². The number of hydroxylamine groups is 3. The second-order valence-corrected chi connectivity index (χ2v) is 4.85. The summed E-state index contributed by atoms with van der Waals surface area (Å²) in [6.45, 7) is 1.62. The summed E-state index contributed by atoms with van der Waals surface area (Å²) in [6.07, 6.45) is 13.1. The van der Waals surface area contributed by atoms with Crippen LogP contribution in [0, 0.1) is 11.1 Å². The first-order valence-electron chi connectivity index (χ1n) is 6.06. The monoisotopic (exact) mass is 195 g/mol. The van der Waals surface area contributed by atoms with Crippen LogP contribution in [0.2, 0.25) is 0 Å². The normalized spacial score (nSPS) is 28.6. The highest BCUT2D eigenvalue weighted by Crippen LogP contribution is 2.26. The van der Waals surface area contributed by atoms with Crippen molar-refractivity contribution < 1.29 is 4.65 Å². The third-order valence-corrected chi connectivity index (χ3v) is 3.60. The van der Waals surface area contributed by atoms with Crippen LogP contribution in [0.4, 0.5) is 0 Å². The first-order valence-corrected chi connectivity index (χ1v) is 6.06. The molecule has 0 atom stereocenters. The molecule has 80 valence electrons. The number of rotatable bonds is 2. The zero-order chi connectivity index (χ0) is 9.86. The average molecular weight is 195 g/mol. The van der Waals surface area contributed by atoms with Gasteiger partial charge in [0.1, 0.15) is 0 Å². The fourth-order valence-corrected chi connectivity index (χ4v) is 2.62. The largest absolute Gasteiger partial charge is 0.628 e. The SMILES string of the molecule is [O-][N+]1(/C=C/C2CCCCC2)CCCC1.